The number of nitrogens with one attached hydrogen (secondary N) is 1. The first-order valence-corrected chi connectivity index (χ1v) is 7.92. The molecule has 1 N–H and O–H groups in total. The predicted molar refractivity (Wildman–Crippen MR) is 93.4 cm³/mol. The van der Waals surface area contributed by atoms with E-state index < -0.39 is 0 Å². The number of carbonyl (C=O) groups excluding carboxylic acids is 2. The van der Waals surface area contributed by atoms with Crippen LogP contribution in [0.3, 0.4) is 0 Å². The van der Waals surface area contributed by atoms with E-state index in [9.17, 15) is 9.59 Å². The van der Waals surface area contributed by atoms with Crippen molar-refractivity contribution in [2.45, 2.75) is 25.8 Å². The first-order valence-electron chi connectivity index (χ1n) is 7.92. The van der Waals surface area contributed by atoms with Gasteiger partial charge in [0.15, 0.2) is 0 Å². The molecule has 0 aliphatic rings. The maximum atomic E-state index is 12.2. The summed E-state index contributed by atoms with van der Waals surface area (Å²) in [5.74, 6) is -0.280. The summed E-state index contributed by atoms with van der Waals surface area (Å²) in [4.78, 5) is 25.8. The summed E-state index contributed by atoms with van der Waals surface area (Å²) < 4.78 is 0. The molecule has 2 aromatic carbocycles. The maximum Gasteiger partial charge on any atom is 0.251 e. The molecular formula is C19H21N3O2. The van der Waals surface area contributed by atoms with E-state index in [-0.39, 0.29) is 30.8 Å². The minimum absolute atomic E-state index is 0.0865. The van der Waals surface area contributed by atoms with Gasteiger partial charge in [-0.15, -0.1) is 0 Å². The Morgan fingerprint density at radius 2 is 1.92 bits per heavy atom. The number of nitriles is 1. The Balaban J connectivity index is 1.88. The quantitative estimate of drug-likeness (QED) is 0.888. The summed E-state index contributed by atoms with van der Waals surface area (Å²) in [5, 5.41) is 13.5. The minimum atomic E-state index is -0.193. The largest absolute Gasteiger partial charge is 0.352 e. The first-order chi connectivity index (χ1) is 11.5. The lowest BCUT2D eigenvalue weighted by atomic mass is 10.1. The van der Waals surface area contributed by atoms with E-state index in [1.165, 1.54) is 0 Å². The smallest absolute Gasteiger partial charge is 0.251 e. The topological polar surface area (TPSA) is 73.2 Å². The number of nitrogens with zero attached hydrogens (tertiary/aromatic N) is 2. The summed E-state index contributed by atoms with van der Waals surface area (Å²) in [6, 6.07) is 15.3. The van der Waals surface area contributed by atoms with Gasteiger partial charge in [-0.3, -0.25) is 9.59 Å². The Bertz CT molecular complexity index is 780. The van der Waals surface area contributed by atoms with Crippen LogP contribution in [0.25, 0.3) is 10.8 Å². The van der Waals surface area contributed by atoms with Crippen LogP contribution in [0.5, 0.6) is 0 Å². The van der Waals surface area contributed by atoms with Crippen LogP contribution in [0.2, 0.25) is 0 Å². The lowest BCUT2D eigenvalue weighted by Crippen LogP contribution is -2.37. The molecule has 0 saturated carbocycles. The monoisotopic (exact) mass is 323 g/mol. The maximum absolute atomic E-state index is 12.2. The number of hydrogen-bond acceptors (Lipinski definition) is 3. The first kappa shape index (κ1) is 17.5. The summed E-state index contributed by atoms with van der Waals surface area (Å²) in [6.45, 7) is 2.10. The third-order valence-corrected chi connectivity index (χ3v) is 4.08. The highest BCUT2D eigenvalue weighted by molar-refractivity contribution is 5.98. The molecule has 0 saturated heterocycles. The molecule has 124 valence electrons. The van der Waals surface area contributed by atoms with Gasteiger partial charge in [0.25, 0.3) is 5.91 Å². The van der Waals surface area contributed by atoms with E-state index >= 15 is 0 Å². The molecular weight excluding hydrogens is 302 g/mol. The van der Waals surface area contributed by atoms with E-state index in [0.29, 0.717) is 12.0 Å². The molecule has 2 aromatic rings. The van der Waals surface area contributed by atoms with E-state index in [4.69, 9.17) is 5.26 Å². The van der Waals surface area contributed by atoms with Crippen LogP contribution in [0, 0.1) is 11.3 Å². The van der Waals surface area contributed by atoms with Crippen LogP contribution >= 0.6 is 0 Å². The number of benzene rings is 2. The summed E-state index contributed by atoms with van der Waals surface area (Å²) in [7, 11) is 1.68. The van der Waals surface area contributed by atoms with E-state index in [1.54, 1.807) is 18.0 Å². The highest BCUT2D eigenvalue weighted by atomic mass is 16.2. The van der Waals surface area contributed by atoms with Gasteiger partial charge in [-0.2, -0.15) is 5.26 Å². The van der Waals surface area contributed by atoms with Crippen LogP contribution in [0.4, 0.5) is 0 Å². The average molecular weight is 323 g/mol. The van der Waals surface area contributed by atoms with Crippen molar-refractivity contribution in [3.8, 4) is 6.07 Å². The number of hydrogen-bond donors (Lipinski definition) is 1. The molecule has 0 radical (unpaired) electrons. The number of carbonyl (C=O) groups is 2. The Morgan fingerprint density at radius 3 is 2.62 bits per heavy atom. The second-order valence-electron chi connectivity index (χ2n) is 5.78. The van der Waals surface area contributed by atoms with Gasteiger partial charge >= 0.3 is 0 Å². The Kier molecular flexibility index (Phi) is 5.91. The molecule has 0 heterocycles. The van der Waals surface area contributed by atoms with Crippen LogP contribution < -0.4 is 5.32 Å². The second-order valence-corrected chi connectivity index (χ2v) is 5.78. The molecule has 5 nitrogen and oxygen atoms in total. The summed E-state index contributed by atoms with van der Waals surface area (Å²) in [6.07, 6.45) is 0.511. The highest BCUT2D eigenvalue weighted by Crippen LogP contribution is 2.15. The van der Waals surface area contributed by atoms with Gasteiger partial charge in [-0.1, -0.05) is 30.3 Å². The zero-order chi connectivity index (χ0) is 17.5. The van der Waals surface area contributed by atoms with Crippen LogP contribution in [0.15, 0.2) is 42.5 Å². The molecule has 2 rings (SSSR count). The molecule has 0 unspecified atom stereocenters. The zero-order valence-corrected chi connectivity index (χ0v) is 14.0. The van der Waals surface area contributed by atoms with E-state index in [2.05, 4.69) is 11.4 Å². The van der Waals surface area contributed by atoms with Crippen molar-refractivity contribution in [1.29, 1.82) is 5.26 Å². The van der Waals surface area contributed by atoms with Crippen molar-refractivity contribution in [3.05, 3.63) is 48.0 Å². The van der Waals surface area contributed by atoms with Gasteiger partial charge in [0.1, 0.15) is 0 Å². The lowest BCUT2D eigenvalue weighted by Gasteiger charge is -2.23. The molecule has 24 heavy (non-hydrogen) atoms. The predicted octanol–water partition coefficient (Wildman–Crippen LogP) is 2.72. The molecule has 2 amide bonds. The Labute approximate surface area is 141 Å². The van der Waals surface area contributed by atoms with Crippen molar-refractivity contribution < 1.29 is 9.59 Å². The van der Waals surface area contributed by atoms with E-state index in [1.807, 2.05) is 43.3 Å². The van der Waals surface area contributed by atoms with Gasteiger partial charge in [-0.25, -0.2) is 0 Å². The number of amides is 2. The van der Waals surface area contributed by atoms with Gasteiger partial charge in [-0.05, 0) is 29.8 Å². The molecule has 0 aliphatic carbocycles. The molecule has 5 heteroatoms. The van der Waals surface area contributed by atoms with Crippen LogP contribution in [0.1, 0.15) is 30.1 Å². The fraction of sp³-hybridized carbons (Fsp3) is 0.316. The van der Waals surface area contributed by atoms with Crippen molar-refractivity contribution in [2.24, 2.45) is 0 Å². The molecule has 1 atom stereocenters. The normalized spacial score (nSPS) is 11.5. The SMILES string of the molecule is C[C@@H](CC#N)N(C)C(=O)CCNC(=O)c1ccc2ccccc2c1. The van der Waals surface area contributed by atoms with Gasteiger partial charge in [0.2, 0.25) is 5.91 Å². The fourth-order valence-electron chi connectivity index (χ4n) is 2.41. The average Bonchev–Trinajstić information content (AvgIpc) is 2.60. The van der Waals surface area contributed by atoms with Gasteiger partial charge in [0, 0.05) is 31.6 Å². The minimum Gasteiger partial charge on any atom is -0.352 e. The van der Waals surface area contributed by atoms with Crippen molar-refractivity contribution in [1.82, 2.24) is 10.2 Å². The Hall–Kier alpha value is -2.87. The van der Waals surface area contributed by atoms with Crippen molar-refractivity contribution in [3.63, 3.8) is 0 Å². The summed E-state index contributed by atoms with van der Waals surface area (Å²) >= 11 is 0. The summed E-state index contributed by atoms with van der Waals surface area (Å²) in [5.41, 5.74) is 0.576. The number of rotatable bonds is 6. The fourth-order valence-corrected chi connectivity index (χ4v) is 2.41. The molecule has 0 aromatic heterocycles. The van der Waals surface area contributed by atoms with Crippen LogP contribution in [-0.4, -0.2) is 36.3 Å². The van der Waals surface area contributed by atoms with Gasteiger partial charge < -0.3 is 10.2 Å². The molecule has 0 spiro atoms. The standard InChI is InChI=1S/C19H21N3O2/c1-14(9-11-20)22(2)18(23)10-12-21-19(24)17-8-7-15-5-3-4-6-16(15)13-17/h3-8,13-14H,9-10,12H2,1-2H3,(H,21,24)/t14-/m0/s1. The van der Waals surface area contributed by atoms with Crippen molar-refractivity contribution in [2.75, 3.05) is 13.6 Å². The van der Waals surface area contributed by atoms with Crippen LogP contribution in [-0.2, 0) is 4.79 Å². The van der Waals surface area contributed by atoms with E-state index in [0.717, 1.165) is 10.8 Å². The third-order valence-electron chi connectivity index (χ3n) is 4.08. The zero-order valence-electron chi connectivity index (χ0n) is 14.0. The highest BCUT2D eigenvalue weighted by Gasteiger charge is 2.15. The van der Waals surface area contributed by atoms with Crippen molar-refractivity contribution >= 4 is 22.6 Å². The molecule has 0 bridgehead atoms. The van der Waals surface area contributed by atoms with Gasteiger partial charge in [0.05, 0.1) is 12.5 Å². The second kappa shape index (κ2) is 8.11. The third kappa shape index (κ3) is 4.32. The molecule has 0 aliphatic heterocycles. The Morgan fingerprint density at radius 1 is 1.21 bits per heavy atom. The lowest BCUT2D eigenvalue weighted by molar-refractivity contribution is -0.131. The number of fused-ring (bicyclic) bond motifs is 1. The molecule has 0 fully saturated rings.